The number of ether oxygens (including phenoxy) is 3. The fourth-order valence-electron chi connectivity index (χ4n) is 2.25. The monoisotopic (exact) mass is 361 g/mol. The van der Waals surface area contributed by atoms with E-state index >= 15 is 0 Å². The van der Waals surface area contributed by atoms with Gasteiger partial charge in [-0.15, -0.1) is 0 Å². The topological polar surface area (TPSA) is 101 Å². The van der Waals surface area contributed by atoms with E-state index in [1.165, 1.54) is 4.68 Å². The number of tetrazole rings is 1. The average Bonchev–Trinajstić information content (AvgIpc) is 3.01. The molecule has 1 heterocycles. The van der Waals surface area contributed by atoms with Gasteiger partial charge in [-0.05, 0) is 49.8 Å². The smallest absolute Gasteiger partial charge is 0.437 e. The van der Waals surface area contributed by atoms with Crippen molar-refractivity contribution < 1.29 is 19.0 Å². The standard InChI is InChI=1S/C17H23N5O4/c1-6-22-16(19-20-21-22)18-15(14-9-8-11(3)10-12(14)4)25-13(5)26-17(23)24-7-2/h8-10,13H,6-7H2,1-5H3. The maximum Gasteiger partial charge on any atom is 0.511 e. The van der Waals surface area contributed by atoms with E-state index < -0.39 is 12.4 Å². The molecule has 1 aromatic heterocycles. The molecule has 0 aliphatic rings. The van der Waals surface area contributed by atoms with E-state index in [1.54, 1.807) is 13.8 Å². The number of aryl methyl sites for hydroxylation is 3. The fourth-order valence-corrected chi connectivity index (χ4v) is 2.25. The maximum absolute atomic E-state index is 11.5. The van der Waals surface area contributed by atoms with E-state index in [1.807, 2.05) is 39.0 Å². The molecular weight excluding hydrogens is 338 g/mol. The molecule has 0 saturated heterocycles. The molecule has 9 heteroatoms. The van der Waals surface area contributed by atoms with Crippen LogP contribution in [-0.4, -0.2) is 45.2 Å². The Bertz CT molecular complexity index is 787. The molecule has 2 rings (SSSR count). The summed E-state index contributed by atoms with van der Waals surface area (Å²) in [5.74, 6) is 0.551. The van der Waals surface area contributed by atoms with Crippen molar-refractivity contribution >= 4 is 18.0 Å². The van der Waals surface area contributed by atoms with Crippen molar-refractivity contribution in [2.45, 2.75) is 47.5 Å². The van der Waals surface area contributed by atoms with Crippen molar-refractivity contribution in [3.8, 4) is 0 Å². The Balaban J connectivity index is 2.34. The molecule has 0 amide bonds. The van der Waals surface area contributed by atoms with Crippen LogP contribution in [0.5, 0.6) is 0 Å². The Morgan fingerprint density at radius 1 is 1.27 bits per heavy atom. The minimum Gasteiger partial charge on any atom is -0.437 e. The van der Waals surface area contributed by atoms with Crippen molar-refractivity contribution in [2.75, 3.05) is 6.61 Å². The van der Waals surface area contributed by atoms with Crippen LogP contribution in [0, 0.1) is 13.8 Å². The van der Waals surface area contributed by atoms with Crippen LogP contribution in [0.25, 0.3) is 0 Å². The number of benzene rings is 1. The first-order valence-corrected chi connectivity index (χ1v) is 8.37. The van der Waals surface area contributed by atoms with E-state index in [2.05, 4.69) is 20.5 Å². The van der Waals surface area contributed by atoms with Crippen molar-refractivity contribution in [1.29, 1.82) is 0 Å². The van der Waals surface area contributed by atoms with Gasteiger partial charge in [0, 0.05) is 19.0 Å². The predicted octanol–water partition coefficient (Wildman–Crippen LogP) is 2.92. The summed E-state index contributed by atoms with van der Waals surface area (Å²) < 4.78 is 17.1. The zero-order valence-corrected chi connectivity index (χ0v) is 15.6. The zero-order valence-electron chi connectivity index (χ0n) is 15.6. The molecule has 26 heavy (non-hydrogen) atoms. The van der Waals surface area contributed by atoms with E-state index in [4.69, 9.17) is 14.2 Å². The molecule has 0 fully saturated rings. The van der Waals surface area contributed by atoms with E-state index in [0.29, 0.717) is 12.5 Å². The number of aliphatic imine (C=N–C) groups is 1. The third-order valence-electron chi connectivity index (χ3n) is 3.43. The lowest BCUT2D eigenvalue weighted by molar-refractivity contribution is -0.0582. The van der Waals surface area contributed by atoms with Gasteiger partial charge in [0.25, 0.3) is 5.95 Å². The number of carbonyl (C=O) groups is 1. The predicted molar refractivity (Wildman–Crippen MR) is 94.3 cm³/mol. The summed E-state index contributed by atoms with van der Waals surface area (Å²) in [7, 11) is 0. The highest BCUT2D eigenvalue weighted by Crippen LogP contribution is 2.17. The van der Waals surface area contributed by atoms with Crippen molar-refractivity contribution in [3.05, 3.63) is 34.9 Å². The highest BCUT2D eigenvalue weighted by molar-refractivity contribution is 5.96. The van der Waals surface area contributed by atoms with Crippen molar-refractivity contribution in [3.63, 3.8) is 0 Å². The second kappa shape index (κ2) is 8.93. The van der Waals surface area contributed by atoms with Crippen molar-refractivity contribution in [1.82, 2.24) is 20.2 Å². The summed E-state index contributed by atoms with van der Waals surface area (Å²) in [6.45, 7) is 9.90. The number of rotatable bonds is 6. The quantitative estimate of drug-likeness (QED) is 0.337. The van der Waals surface area contributed by atoms with Crippen LogP contribution in [0.3, 0.4) is 0 Å². The molecule has 0 N–H and O–H groups in total. The Morgan fingerprint density at radius 2 is 2.04 bits per heavy atom. The van der Waals surface area contributed by atoms with Gasteiger partial charge in [-0.3, -0.25) is 0 Å². The third-order valence-corrected chi connectivity index (χ3v) is 3.43. The normalized spacial score (nSPS) is 12.6. The number of nitrogens with zero attached hydrogens (tertiary/aromatic N) is 5. The Morgan fingerprint density at radius 3 is 2.69 bits per heavy atom. The lowest BCUT2D eigenvalue weighted by atomic mass is 10.1. The Hall–Kier alpha value is -2.97. The highest BCUT2D eigenvalue weighted by Gasteiger charge is 2.18. The SMILES string of the molecule is CCOC(=O)OC(C)OC(=Nc1nnnn1CC)c1ccc(C)cc1C. The van der Waals surface area contributed by atoms with Crippen LogP contribution >= 0.6 is 0 Å². The van der Waals surface area contributed by atoms with E-state index in [9.17, 15) is 4.79 Å². The molecular formula is C17H23N5O4. The Kier molecular flexibility index (Phi) is 6.65. The lowest BCUT2D eigenvalue weighted by Crippen LogP contribution is -2.23. The first-order chi connectivity index (χ1) is 12.4. The largest absolute Gasteiger partial charge is 0.511 e. The van der Waals surface area contributed by atoms with Crippen LogP contribution in [0.15, 0.2) is 23.2 Å². The van der Waals surface area contributed by atoms with Crippen molar-refractivity contribution in [2.24, 2.45) is 4.99 Å². The summed E-state index contributed by atoms with van der Waals surface area (Å²) in [5.41, 5.74) is 2.82. The minimum atomic E-state index is -0.903. The van der Waals surface area contributed by atoms with Crippen LogP contribution < -0.4 is 0 Å². The van der Waals surface area contributed by atoms with Gasteiger partial charge in [0.2, 0.25) is 12.2 Å². The summed E-state index contributed by atoms with van der Waals surface area (Å²) in [6.07, 6.45) is -1.71. The van der Waals surface area contributed by atoms with Gasteiger partial charge in [0.15, 0.2) is 0 Å². The lowest BCUT2D eigenvalue weighted by Gasteiger charge is -2.17. The molecule has 9 nitrogen and oxygen atoms in total. The third kappa shape index (κ3) is 5.01. The molecule has 0 saturated carbocycles. The van der Waals surface area contributed by atoms with Crippen LogP contribution in [0.4, 0.5) is 10.7 Å². The van der Waals surface area contributed by atoms with Gasteiger partial charge in [-0.2, -0.15) is 4.99 Å². The molecule has 1 atom stereocenters. The molecule has 0 aliphatic carbocycles. The molecule has 2 aromatic rings. The zero-order chi connectivity index (χ0) is 19.1. The Labute approximate surface area is 152 Å². The molecule has 1 unspecified atom stereocenters. The number of carbonyl (C=O) groups excluding carboxylic acids is 1. The minimum absolute atomic E-state index is 0.217. The molecule has 140 valence electrons. The van der Waals surface area contributed by atoms with Gasteiger partial charge in [0.05, 0.1) is 6.61 Å². The second-order valence-electron chi connectivity index (χ2n) is 5.52. The molecule has 0 aliphatic heterocycles. The summed E-state index contributed by atoms with van der Waals surface area (Å²) in [6, 6.07) is 5.84. The average molecular weight is 361 g/mol. The van der Waals surface area contributed by atoms with Gasteiger partial charge in [-0.25, -0.2) is 9.48 Å². The van der Waals surface area contributed by atoms with Gasteiger partial charge in [0.1, 0.15) is 0 Å². The van der Waals surface area contributed by atoms with Gasteiger partial charge < -0.3 is 14.2 Å². The number of hydrogen-bond acceptors (Lipinski definition) is 8. The van der Waals surface area contributed by atoms with Crippen LogP contribution in [0.2, 0.25) is 0 Å². The first-order valence-electron chi connectivity index (χ1n) is 8.37. The molecule has 1 aromatic carbocycles. The first kappa shape index (κ1) is 19.4. The number of hydrogen-bond donors (Lipinski definition) is 0. The maximum atomic E-state index is 11.5. The van der Waals surface area contributed by atoms with Gasteiger partial charge >= 0.3 is 6.16 Å². The summed E-state index contributed by atoms with van der Waals surface area (Å²) >= 11 is 0. The van der Waals surface area contributed by atoms with Gasteiger partial charge in [-0.1, -0.05) is 22.8 Å². The second-order valence-corrected chi connectivity index (χ2v) is 5.52. The van der Waals surface area contributed by atoms with Crippen LogP contribution in [0.1, 0.15) is 37.5 Å². The van der Waals surface area contributed by atoms with E-state index in [0.717, 1.165) is 16.7 Å². The van der Waals surface area contributed by atoms with Crippen LogP contribution in [-0.2, 0) is 20.8 Å². The van der Waals surface area contributed by atoms with E-state index in [-0.39, 0.29) is 12.5 Å². The number of aromatic nitrogens is 4. The fraction of sp³-hybridized carbons (Fsp3) is 0.471. The summed E-state index contributed by atoms with van der Waals surface area (Å²) in [5, 5.41) is 11.4. The molecule has 0 spiro atoms. The molecule has 0 bridgehead atoms. The highest BCUT2D eigenvalue weighted by atomic mass is 16.8. The summed E-state index contributed by atoms with van der Waals surface area (Å²) in [4.78, 5) is 15.9. The molecule has 0 radical (unpaired) electrons.